The van der Waals surface area contributed by atoms with E-state index < -0.39 is 95.9 Å². The number of Topliss-reactive ketones (excluding diaryl/α,β-unsaturated/α-hetero) is 1. The Morgan fingerprint density at radius 3 is 1.02 bits per heavy atom. The molecular formula is C63H74O24. The van der Waals surface area contributed by atoms with Gasteiger partial charge in [-0.25, -0.2) is 28.8 Å². The normalized spacial score (nSPS) is 18.7. The Morgan fingerprint density at radius 2 is 0.644 bits per heavy atom. The van der Waals surface area contributed by atoms with Crippen LogP contribution < -0.4 is 18.9 Å². The van der Waals surface area contributed by atoms with Crippen molar-refractivity contribution >= 4 is 71.4 Å². The summed E-state index contributed by atoms with van der Waals surface area (Å²) < 4.78 is 64.0. The van der Waals surface area contributed by atoms with Gasteiger partial charge in [-0.15, -0.1) is 0 Å². The molecule has 0 radical (unpaired) electrons. The van der Waals surface area contributed by atoms with Crippen molar-refractivity contribution in [1.82, 2.24) is 0 Å². The van der Waals surface area contributed by atoms with Crippen molar-refractivity contribution < 1.29 is 114 Å². The molecule has 0 aliphatic heterocycles. The molecule has 470 valence electrons. The van der Waals surface area contributed by atoms with Crippen molar-refractivity contribution in [2.24, 2.45) is 35.5 Å². The first kappa shape index (κ1) is 68.8. The number of hydrogen-bond donors (Lipinski definition) is 0. The molecule has 0 aromatic heterocycles. The fraction of sp³-hybridized carbons (Fsp3) is 0.492. The van der Waals surface area contributed by atoms with E-state index in [-0.39, 0.29) is 130 Å². The molecule has 0 bridgehead atoms. The van der Waals surface area contributed by atoms with E-state index in [1.165, 1.54) is 36.4 Å². The lowest BCUT2D eigenvalue weighted by atomic mass is 9.80. The Morgan fingerprint density at radius 1 is 0.345 bits per heavy atom. The lowest BCUT2D eigenvalue weighted by Gasteiger charge is -2.26. The lowest BCUT2D eigenvalue weighted by Crippen LogP contribution is -2.30. The number of ketones is 1. The van der Waals surface area contributed by atoms with Gasteiger partial charge in [-0.3, -0.25) is 28.8 Å². The molecule has 0 spiro atoms. The summed E-state index contributed by atoms with van der Waals surface area (Å²) in [6.07, 6.45) is 9.69. The molecular weight excluding hydrogens is 1140 g/mol. The zero-order valence-electron chi connectivity index (χ0n) is 48.5. The molecule has 87 heavy (non-hydrogen) atoms. The van der Waals surface area contributed by atoms with Gasteiger partial charge in [-0.1, -0.05) is 26.3 Å². The predicted octanol–water partition coefficient (Wildman–Crippen LogP) is 7.35. The summed E-state index contributed by atoms with van der Waals surface area (Å²) in [6, 6.07) is 7.68. The largest absolute Gasteiger partial charge is 0.485 e. The Balaban J connectivity index is 1.14. The number of ether oxygens (including phenoxy) is 12. The fourth-order valence-electron chi connectivity index (χ4n) is 9.60. The van der Waals surface area contributed by atoms with Crippen LogP contribution in [0.3, 0.4) is 0 Å². The number of carbonyl (C=O) groups excluding carboxylic acids is 12. The van der Waals surface area contributed by atoms with E-state index >= 15 is 0 Å². The number of esters is 11. The fourth-order valence-corrected chi connectivity index (χ4v) is 9.60. The number of carbonyl (C=O) groups is 12. The predicted molar refractivity (Wildman–Crippen MR) is 302 cm³/mol. The van der Waals surface area contributed by atoms with Crippen LogP contribution in [0.2, 0.25) is 0 Å². The third-order valence-electron chi connectivity index (χ3n) is 14.5. The highest BCUT2D eigenvalue weighted by molar-refractivity contribution is 5.95. The molecule has 0 atom stereocenters. The number of unbranched alkanes of at least 4 members (excludes halogenated alkanes) is 2. The highest BCUT2D eigenvalue weighted by Crippen LogP contribution is 2.36. The molecule has 3 aliphatic carbocycles. The third kappa shape index (κ3) is 23.4. The molecule has 24 heteroatoms. The summed E-state index contributed by atoms with van der Waals surface area (Å²) >= 11 is 0. The van der Waals surface area contributed by atoms with E-state index in [1.807, 2.05) is 0 Å². The maximum absolute atomic E-state index is 13.6. The molecule has 0 N–H and O–H groups in total. The van der Waals surface area contributed by atoms with E-state index in [1.54, 1.807) is 0 Å². The van der Waals surface area contributed by atoms with E-state index in [4.69, 9.17) is 56.8 Å². The van der Waals surface area contributed by atoms with Crippen molar-refractivity contribution in [3.8, 4) is 23.0 Å². The quantitative estimate of drug-likeness (QED) is 0.0217. The summed E-state index contributed by atoms with van der Waals surface area (Å²) in [5.74, 6) is -11.2. The molecule has 2 aromatic carbocycles. The van der Waals surface area contributed by atoms with E-state index in [2.05, 4.69) is 26.3 Å². The van der Waals surface area contributed by atoms with Gasteiger partial charge in [0.15, 0.2) is 5.78 Å². The average Bonchev–Trinajstić information content (AvgIpc) is 3.72. The summed E-state index contributed by atoms with van der Waals surface area (Å²) in [6.45, 7) is 12.1. The van der Waals surface area contributed by atoms with Gasteiger partial charge in [0, 0.05) is 30.2 Å². The van der Waals surface area contributed by atoms with Crippen LogP contribution in [0.1, 0.15) is 123 Å². The first-order chi connectivity index (χ1) is 41.9. The van der Waals surface area contributed by atoms with Gasteiger partial charge in [-0.05, 0) is 139 Å². The smallest absolute Gasteiger partial charge is 0.342 e. The van der Waals surface area contributed by atoms with Crippen molar-refractivity contribution in [1.29, 1.82) is 0 Å². The van der Waals surface area contributed by atoms with Gasteiger partial charge in [0.05, 0.1) is 56.0 Å². The minimum atomic E-state index is -0.994. The summed E-state index contributed by atoms with van der Waals surface area (Å²) in [4.78, 5) is 152. The van der Waals surface area contributed by atoms with Crippen LogP contribution in [-0.4, -0.2) is 131 Å². The molecule has 5 rings (SSSR count). The summed E-state index contributed by atoms with van der Waals surface area (Å²) in [5.41, 5.74) is -0.482. The van der Waals surface area contributed by atoms with Crippen LogP contribution in [0, 0.1) is 35.5 Å². The second-order valence-electron chi connectivity index (χ2n) is 20.5. The van der Waals surface area contributed by atoms with E-state index in [0.29, 0.717) is 77.0 Å². The molecule has 3 saturated carbocycles. The van der Waals surface area contributed by atoms with Crippen LogP contribution in [0.15, 0.2) is 87.0 Å². The topological polar surface area (TPSA) is 316 Å². The van der Waals surface area contributed by atoms with Gasteiger partial charge in [0.1, 0.15) is 67.2 Å². The average molecular weight is 1220 g/mol. The minimum Gasteiger partial charge on any atom is -0.485 e. The maximum atomic E-state index is 13.6. The second-order valence-corrected chi connectivity index (χ2v) is 20.5. The number of rotatable bonds is 34. The maximum Gasteiger partial charge on any atom is 0.342 e. The Kier molecular flexibility index (Phi) is 29.1. The van der Waals surface area contributed by atoms with Crippen molar-refractivity contribution in [2.75, 3.05) is 59.5 Å². The zero-order valence-corrected chi connectivity index (χ0v) is 48.5. The molecule has 0 amide bonds. The first-order valence-electron chi connectivity index (χ1n) is 28.9. The molecule has 0 unspecified atom stereocenters. The van der Waals surface area contributed by atoms with Crippen molar-refractivity contribution in [3.63, 3.8) is 0 Å². The molecule has 24 nitrogen and oxygen atoms in total. The molecule has 2 aromatic rings. The number of benzene rings is 2. The van der Waals surface area contributed by atoms with Crippen LogP contribution >= 0.6 is 0 Å². The summed E-state index contributed by atoms with van der Waals surface area (Å²) in [5, 5.41) is 0. The van der Waals surface area contributed by atoms with Gasteiger partial charge in [0.25, 0.3) is 0 Å². The van der Waals surface area contributed by atoms with Gasteiger partial charge >= 0.3 is 65.7 Å². The number of hydrogen-bond acceptors (Lipinski definition) is 24. The van der Waals surface area contributed by atoms with Gasteiger partial charge in [-0.2, -0.15) is 0 Å². The third-order valence-corrected chi connectivity index (χ3v) is 14.5. The standard InChI is InChI=1S/C63H74O24/c1-5-53(65)76-29-9-11-31-80-57(69)41-15-13-40(14-16-41)50(64)39-84-51-27-25-46(37-48(51)62(74)82-35-33-78-55(67)7-3)85-59(71)43-21-23-44(24-22-43)60(72)86-47-26-28-52(49(38-47)63(75)83-36-34-79-56(68)8-4)87-61(73)45-19-17-42(18-20-45)58(70)81-32-12-10-30-77-54(66)6-2/h5-8,25-28,37-38,40-45H,1-4,9-24,29-36,39H2. The van der Waals surface area contributed by atoms with Crippen molar-refractivity contribution in [3.05, 3.63) is 98.1 Å². The second kappa shape index (κ2) is 36.8. The lowest BCUT2D eigenvalue weighted by molar-refractivity contribution is -0.152. The Labute approximate surface area is 503 Å². The SMILES string of the molecule is C=CC(=O)OCCCCOC(=O)C1CCC(C(=O)COc2ccc(OC(=O)C3CCC(C(=O)Oc4ccc(OC(=O)C5CCC(C(=O)OCCCCOC(=O)C=C)CC5)c(C(=O)OCCOC(=O)C=C)c4)CC3)cc2C(=O)OCCOC(=O)C=C)CC1. The highest BCUT2D eigenvalue weighted by atomic mass is 16.6. The first-order valence-corrected chi connectivity index (χ1v) is 28.9. The highest BCUT2D eigenvalue weighted by Gasteiger charge is 2.36. The van der Waals surface area contributed by atoms with E-state index in [0.717, 1.165) is 24.3 Å². The van der Waals surface area contributed by atoms with Crippen molar-refractivity contribution in [2.45, 2.75) is 103 Å². The zero-order chi connectivity index (χ0) is 63.1. The van der Waals surface area contributed by atoms with E-state index in [9.17, 15) is 57.5 Å². The Bertz CT molecular complexity index is 2810. The molecule has 3 aliphatic rings. The molecule has 3 fully saturated rings. The van der Waals surface area contributed by atoms with Crippen LogP contribution in [0.4, 0.5) is 0 Å². The minimum absolute atomic E-state index is 0.0617. The van der Waals surface area contributed by atoms with Crippen LogP contribution in [0.25, 0.3) is 0 Å². The van der Waals surface area contributed by atoms with Gasteiger partial charge < -0.3 is 56.8 Å². The Hall–Kier alpha value is -8.96. The van der Waals surface area contributed by atoms with Crippen LogP contribution in [-0.2, 0) is 85.8 Å². The summed E-state index contributed by atoms with van der Waals surface area (Å²) in [7, 11) is 0. The van der Waals surface area contributed by atoms with Crippen LogP contribution in [0.5, 0.6) is 23.0 Å². The molecule has 0 heterocycles. The monoisotopic (exact) mass is 1210 g/mol. The van der Waals surface area contributed by atoms with Gasteiger partial charge in [0.2, 0.25) is 0 Å². The molecule has 0 saturated heterocycles.